The lowest BCUT2D eigenvalue weighted by Crippen LogP contribution is -1.93. The highest BCUT2D eigenvalue weighted by Crippen LogP contribution is 2.44. The van der Waals surface area contributed by atoms with E-state index in [9.17, 15) is 0 Å². The van der Waals surface area contributed by atoms with E-state index in [1.54, 1.807) is 0 Å². The van der Waals surface area contributed by atoms with Crippen molar-refractivity contribution in [1.82, 2.24) is 0 Å². The molecule has 8 aromatic rings. The molecule has 0 aliphatic carbocycles. The number of rotatable bonds is 5. The number of fused-ring (bicyclic) bond motifs is 4. The van der Waals surface area contributed by atoms with Crippen molar-refractivity contribution in [3.8, 4) is 33.4 Å². The molecular formula is C45H32. The summed E-state index contributed by atoms with van der Waals surface area (Å²) in [4.78, 5) is 0. The average molecular weight is 573 g/mol. The first-order chi connectivity index (χ1) is 22.3. The van der Waals surface area contributed by atoms with Gasteiger partial charge >= 0.3 is 0 Å². The lowest BCUT2D eigenvalue weighted by atomic mass is 9.84. The third-order valence-corrected chi connectivity index (χ3v) is 8.99. The van der Waals surface area contributed by atoms with E-state index in [4.69, 9.17) is 0 Å². The fourth-order valence-corrected chi connectivity index (χ4v) is 6.91. The summed E-state index contributed by atoms with van der Waals surface area (Å²) >= 11 is 0. The lowest BCUT2D eigenvalue weighted by molar-refractivity contribution is 1.62. The third kappa shape index (κ3) is 4.72. The zero-order valence-electron chi connectivity index (χ0n) is 25.2. The minimum absolute atomic E-state index is 1.21. The Morgan fingerprint density at radius 3 is 1.76 bits per heavy atom. The van der Waals surface area contributed by atoms with E-state index < -0.39 is 0 Å². The molecule has 0 spiro atoms. The molecule has 0 saturated carbocycles. The van der Waals surface area contributed by atoms with Gasteiger partial charge < -0.3 is 0 Å². The summed E-state index contributed by atoms with van der Waals surface area (Å²) in [7, 11) is 0. The smallest absolute Gasteiger partial charge is 0.00262 e. The van der Waals surface area contributed by atoms with Crippen LogP contribution >= 0.6 is 0 Å². The Hall–Kier alpha value is -5.72. The van der Waals surface area contributed by atoms with E-state index >= 15 is 0 Å². The second-order valence-corrected chi connectivity index (χ2v) is 11.6. The molecule has 0 nitrogen and oxygen atoms in total. The van der Waals surface area contributed by atoms with Crippen LogP contribution in [0, 0.1) is 0 Å². The van der Waals surface area contributed by atoms with Crippen molar-refractivity contribution >= 4 is 49.2 Å². The van der Waals surface area contributed by atoms with Crippen LogP contribution in [0.25, 0.3) is 82.5 Å². The molecule has 0 heterocycles. The van der Waals surface area contributed by atoms with Crippen LogP contribution < -0.4 is 0 Å². The van der Waals surface area contributed by atoms with Gasteiger partial charge in [0.2, 0.25) is 0 Å². The van der Waals surface area contributed by atoms with Gasteiger partial charge in [-0.05, 0) is 101 Å². The number of allylic oxidation sites excluding steroid dienone is 3. The van der Waals surface area contributed by atoms with Crippen molar-refractivity contribution in [2.24, 2.45) is 0 Å². The zero-order valence-corrected chi connectivity index (χ0v) is 25.2. The van der Waals surface area contributed by atoms with Gasteiger partial charge in [-0.25, -0.2) is 0 Å². The van der Waals surface area contributed by atoms with Crippen LogP contribution in [0.4, 0.5) is 0 Å². The fraction of sp³-hybridized carbons (Fsp3) is 0.0222. The van der Waals surface area contributed by atoms with Gasteiger partial charge in [-0.3, -0.25) is 0 Å². The van der Waals surface area contributed by atoms with Crippen LogP contribution in [0.3, 0.4) is 0 Å². The Labute approximate surface area is 264 Å². The van der Waals surface area contributed by atoms with E-state index in [0.29, 0.717) is 0 Å². The topological polar surface area (TPSA) is 0 Å². The summed E-state index contributed by atoms with van der Waals surface area (Å²) in [6.07, 6.45) is 8.61. The molecule has 0 aliphatic rings. The highest BCUT2D eigenvalue weighted by atomic mass is 14.2. The molecule has 8 aromatic carbocycles. The molecule has 0 atom stereocenters. The molecule has 0 aliphatic heterocycles. The average Bonchev–Trinajstić information content (AvgIpc) is 3.10. The van der Waals surface area contributed by atoms with Crippen LogP contribution in [-0.4, -0.2) is 0 Å². The third-order valence-electron chi connectivity index (χ3n) is 8.99. The second-order valence-electron chi connectivity index (χ2n) is 11.6. The lowest BCUT2D eigenvalue weighted by Gasteiger charge is -2.19. The summed E-state index contributed by atoms with van der Waals surface area (Å²) in [6, 6.07) is 55.5. The van der Waals surface area contributed by atoms with Crippen molar-refractivity contribution in [1.29, 1.82) is 0 Å². The Morgan fingerprint density at radius 1 is 0.378 bits per heavy atom. The standard InChI is InChI=1S/C45H32/c1-2-3-4-17-35-30-44(39-24-13-18-32-15-7-8-19-36(32)39)41-22-11-12-23-42(41)45(35)43-28-27-37(38-20-9-10-21-40(38)43)34-26-25-31-14-5-6-16-33(31)29-34/h2-30H,1H3/b3-2-,17-4-. The Morgan fingerprint density at radius 2 is 0.978 bits per heavy atom. The maximum Gasteiger partial charge on any atom is -0.00262 e. The van der Waals surface area contributed by atoms with Crippen molar-refractivity contribution < 1.29 is 0 Å². The molecule has 0 aromatic heterocycles. The van der Waals surface area contributed by atoms with Crippen molar-refractivity contribution in [3.63, 3.8) is 0 Å². The van der Waals surface area contributed by atoms with Crippen molar-refractivity contribution in [2.75, 3.05) is 0 Å². The molecule has 212 valence electrons. The molecular weight excluding hydrogens is 540 g/mol. The van der Waals surface area contributed by atoms with Crippen LogP contribution in [0.1, 0.15) is 12.5 Å². The molecule has 0 saturated heterocycles. The predicted octanol–water partition coefficient (Wildman–Crippen LogP) is 12.9. The van der Waals surface area contributed by atoms with E-state index in [2.05, 4.69) is 183 Å². The first kappa shape index (κ1) is 26.9. The van der Waals surface area contributed by atoms with E-state index in [-0.39, 0.29) is 0 Å². The minimum Gasteiger partial charge on any atom is -0.0877 e. The van der Waals surface area contributed by atoms with Crippen molar-refractivity contribution in [2.45, 2.75) is 6.92 Å². The second kappa shape index (κ2) is 11.4. The summed E-state index contributed by atoms with van der Waals surface area (Å²) in [6.45, 7) is 2.06. The van der Waals surface area contributed by atoms with Gasteiger partial charge in [-0.1, -0.05) is 164 Å². The van der Waals surface area contributed by atoms with Gasteiger partial charge in [0.1, 0.15) is 0 Å². The maximum atomic E-state index is 2.39. The van der Waals surface area contributed by atoms with Gasteiger partial charge in [0.05, 0.1) is 0 Å². The number of hydrogen-bond donors (Lipinski definition) is 0. The Bertz CT molecular complexity index is 2430. The van der Waals surface area contributed by atoms with E-state index in [1.807, 2.05) is 0 Å². The summed E-state index contributed by atoms with van der Waals surface area (Å²) in [5.74, 6) is 0. The Balaban J connectivity index is 1.42. The summed E-state index contributed by atoms with van der Waals surface area (Å²) in [5.41, 5.74) is 8.71. The monoisotopic (exact) mass is 572 g/mol. The SMILES string of the molecule is C/C=C\C=C/c1cc(-c2cccc3ccccc23)c2ccccc2c1-c1ccc(-c2ccc3ccccc3c2)c2ccccc12. The van der Waals surface area contributed by atoms with Gasteiger partial charge in [0.25, 0.3) is 0 Å². The van der Waals surface area contributed by atoms with Crippen molar-refractivity contribution in [3.05, 3.63) is 175 Å². The number of benzene rings is 8. The molecule has 0 amide bonds. The van der Waals surface area contributed by atoms with E-state index in [0.717, 1.165) is 0 Å². The first-order valence-corrected chi connectivity index (χ1v) is 15.6. The predicted molar refractivity (Wildman–Crippen MR) is 197 cm³/mol. The molecule has 8 rings (SSSR count). The van der Waals surface area contributed by atoms with Crippen LogP contribution in [0.5, 0.6) is 0 Å². The summed E-state index contributed by atoms with van der Waals surface area (Å²) in [5, 5.41) is 10.1. The quantitative estimate of drug-likeness (QED) is 0.180. The molecule has 45 heavy (non-hydrogen) atoms. The van der Waals surface area contributed by atoms with Gasteiger partial charge in [-0.15, -0.1) is 0 Å². The maximum absolute atomic E-state index is 2.39. The molecule has 0 unspecified atom stereocenters. The Kier molecular flexibility index (Phi) is 6.81. The fourth-order valence-electron chi connectivity index (χ4n) is 6.91. The van der Waals surface area contributed by atoms with E-state index in [1.165, 1.54) is 82.0 Å². The highest BCUT2D eigenvalue weighted by Gasteiger charge is 2.18. The largest absolute Gasteiger partial charge is 0.0877 e. The van der Waals surface area contributed by atoms with Gasteiger partial charge in [-0.2, -0.15) is 0 Å². The minimum atomic E-state index is 1.21. The normalized spacial score (nSPS) is 11.9. The van der Waals surface area contributed by atoms with Gasteiger partial charge in [0.15, 0.2) is 0 Å². The van der Waals surface area contributed by atoms with Gasteiger partial charge in [0, 0.05) is 0 Å². The van der Waals surface area contributed by atoms with Crippen LogP contribution in [0.2, 0.25) is 0 Å². The summed E-state index contributed by atoms with van der Waals surface area (Å²) < 4.78 is 0. The van der Waals surface area contributed by atoms with Crippen LogP contribution in [-0.2, 0) is 0 Å². The molecule has 0 N–H and O–H groups in total. The molecule has 0 bridgehead atoms. The van der Waals surface area contributed by atoms with Crippen LogP contribution in [0.15, 0.2) is 170 Å². The zero-order chi connectivity index (χ0) is 30.2. The molecule has 0 fully saturated rings. The molecule has 0 heteroatoms. The first-order valence-electron chi connectivity index (χ1n) is 15.6. The highest BCUT2D eigenvalue weighted by molar-refractivity contribution is 6.16. The molecule has 0 radical (unpaired) electrons. The number of hydrogen-bond acceptors (Lipinski definition) is 0.